The van der Waals surface area contributed by atoms with Crippen LogP contribution in [-0.4, -0.2) is 25.9 Å². The summed E-state index contributed by atoms with van der Waals surface area (Å²) in [7, 11) is -10.0. The van der Waals surface area contributed by atoms with E-state index in [2.05, 4.69) is 0 Å². The molecule has 11 heteroatoms. The SMILES string of the molecule is O=S(=O)([O-])c1ccc2cc([O-])ccc2c1S(=O)(=O)O.[K+].[K+]. The molecule has 0 aliphatic carbocycles. The van der Waals surface area contributed by atoms with Gasteiger partial charge in [0.1, 0.15) is 15.0 Å². The van der Waals surface area contributed by atoms with Crippen LogP contribution in [-0.2, 0) is 20.2 Å². The number of fused-ring (bicyclic) bond motifs is 1. The minimum atomic E-state index is -5.09. The third kappa shape index (κ3) is 5.29. The zero-order valence-electron chi connectivity index (χ0n) is 11.1. The number of rotatable bonds is 2. The van der Waals surface area contributed by atoms with E-state index >= 15 is 0 Å². The van der Waals surface area contributed by atoms with E-state index in [9.17, 15) is 26.5 Å². The van der Waals surface area contributed by atoms with E-state index in [0.717, 1.165) is 30.3 Å². The Labute approximate surface area is 206 Å². The molecule has 0 fully saturated rings. The second-order valence-electron chi connectivity index (χ2n) is 3.70. The Bertz CT molecular complexity index is 876. The minimum absolute atomic E-state index is 0. The first-order chi connectivity index (χ1) is 8.60. The molecule has 0 saturated heterocycles. The topological polar surface area (TPSA) is 135 Å². The maximum absolute atomic E-state index is 11.3. The summed E-state index contributed by atoms with van der Waals surface area (Å²) in [6.07, 6.45) is 0. The predicted octanol–water partition coefficient (Wildman–Crippen LogP) is -5.93. The van der Waals surface area contributed by atoms with E-state index in [4.69, 9.17) is 4.55 Å². The molecule has 102 valence electrons. The van der Waals surface area contributed by atoms with Gasteiger partial charge < -0.3 is 9.66 Å². The fraction of sp³-hybridized carbons (Fsp3) is 0. The number of hydrogen-bond acceptors (Lipinski definition) is 6. The smallest absolute Gasteiger partial charge is 0.872 e. The van der Waals surface area contributed by atoms with Gasteiger partial charge in [0.25, 0.3) is 10.1 Å². The van der Waals surface area contributed by atoms with Gasteiger partial charge in [-0.2, -0.15) is 8.42 Å². The normalized spacial score (nSPS) is 11.5. The summed E-state index contributed by atoms with van der Waals surface area (Å²) in [5.41, 5.74) is 0. The molecular formula is C10H6K2O7S2. The van der Waals surface area contributed by atoms with Gasteiger partial charge in [0.05, 0.1) is 4.90 Å². The maximum Gasteiger partial charge on any atom is 1.00 e. The molecule has 1 N–H and O–H groups in total. The molecule has 21 heavy (non-hydrogen) atoms. The zero-order valence-corrected chi connectivity index (χ0v) is 19.0. The molecule has 2 aromatic rings. The molecule has 0 saturated carbocycles. The molecule has 0 aromatic heterocycles. The van der Waals surface area contributed by atoms with Gasteiger partial charge in [-0.15, -0.1) is 5.75 Å². The maximum atomic E-state index is 11.3. The van der Waals surface area contributed by atoms with Crippen LogP contribution >= 0.6 is 0 Å². The van der Waals surface area contributed by atoms with Gasteiger partial charge in [0, 0.05) is 5.39 Å². The summed E-state index contributed by atoms with van der Waals surface area (Å²) in [5, 5.41) is 11.0. The molecular weight excluding hydrogens is 374 g/mol. The summed E-state index contributed by atoms with van der Waals surface area (Å²) in [4.78, 5) is -2.07. The van der Waals surface area contributed by atoms with Crippen LogP contribution in [0.5, 0.6) is 5.75 Å². The molecule has 0 amide bonds. The average Bonchev–Trinajstić information content (AvgIpc) is 2.24. The van der Waals surface area contributed by atoms with E-state index < -0.39 is 35.8 Å². The van der Waals surface area contributed by atoms with Crippen LogP contribution in [0.2, 0.25) is 0 Å². The third-order valence-corrected chi connectivity index (χ3v) is 4.40. The van der Waals surface area contributed by atoms with Crippen molar-refractivity contribution in [3.63, 3.8) is 0 Å². The predicted molar refractivity (Wildman–Crippen MR) is 61.2 cm³/mol. The summed E-state index contributed by atoms with van der Waals surface area (Å²) < 4.78 is 64.7. The van der Waals surface area contributed by atoms with Crippen molar-refractivity contribution < 1.29 is 134 Å². The van der Waals surface area contributed by atoms with Crippen LogP contribution in [0.4, 0.5) is 0 Å². The van der Waals surface area contributed by atoms with E-state index in [1.807, 2.05) is 0 Å². The monoisotopic (exact) mass is 380 g/mol. The van der Waals surface area contributed by atoms with Gasteiger partial charge in [-0.25, -0.2) is 8.42 Å². The number of hydrogen-bond donors (Lipinski definition) is 1. The van der Waals surface area contributed by atoms with Gasteiger partial charge in [0.15, 0.2) is 0 Å². The van der Waals surface area contributed by atoms with E-state index in [1.165, 1.54) is 0 Å². The first kappa shape index (κ1) is 22.6. The molecule has 0 aliphatic heterocycles. The minimum Gasteiger partial charge on any atom is -0.872 e. The Morgan fingerprint density at radius 3 is 2.00 bits per heavy atom. The van der Waals surface area contributed by atoms with Crippen LogP contribution in [0.3, 0.4) is 0 Å². The second kappa shape index (κ2) is 8.11. The van der Waals surface area contributed by atoms with Crippen molar-refractivity contribution in [2.75, 3.05) is 0 Å². The van der Waals surface area contributed by atoms with Crippen LogP contribution < -0.4 is 108 Å². The molecule has 0 atom stereocenters. The van der Waals surface area contributed by atoms with Crippen molar-refractivity contribution in [2.45, 2.75) is 9.79 Å². The van der Waals surface area contributed by atoms with Crippen LogP contribution in [0.15, 0.2) is 40.1 Å². The summed E-state index contributed by atoms with van der Waals surface area (Å²) in [6, 6.07) is 4.96. The first-order valence-corrected chi connectivity index (χ1v) is 7.63. The van der Waals surface area contributed by atoms with Crippen molar-refractivity contribution in [1.82, 2.24) is 0 Å². The summed E-state index contributed by atoms with van der Waals surface area (Å²) in [5.74, 6) is -0.425. The molecule has 0 bridgehead atoms. The van der Waals surface area contributed by atoms with E-state index in [0.29, 0.717) is 0 Å². The average molecular weight is 380 g/mol. The second-order valence-corrected chi connectivity index (χ2v) is 6.41. The Hall–Kier alpha value is 1.59. The van der Waals surface area contributed by atoms with Crippen molar-refractivity contribution in [2.24, 2.45) is 0 Å². The molecule has 0 heterocycles. The third-order valence-electron chi connectivity index (χ3n) is 2.43. The van der Waals surface area contributed by atoms with Gasteiger partial charge in [-0.3, -0.25) is 4.55 Å². The molecule has 0 spiro atoms. The van der Waals surface area contributed by atoms with E-state index in [-0.39, 0.29) is 114 Å². The Morgan fingerprint density at radius 1 is 0.952 bits per heavy atom. The van der Waals surface area contributed by atoms with Crippen molar-refractivity contribution in [3.8, 4) is 5.75 Å². The van der Waals surface area contributed by atoms with E-state index in [1.54, 1.807) is 0 Å². The first-order valence-electron chi connectivity index (χ1n) is 4.78. The number of benzene rings is 2. The fourth-order valence-electron chi connectivity index (χ4n) is 1.72. The Kier molecular flexibility index (Phi) is 8.73. The Balaban J connectivity index is 0.00000200. The van der Waals surface area contributed by atoms with Gasteiger partial charge in [-0.1, -0.05) is 24.3 Å². The van der Waals surface area contributed by atoms with Crippen molar-refractivity contribution in [3.05, 3.63) is 30.3 Å². The van der Waals surface area contributed by atoms with Crippen LogP contribution in [0.1, 0.15) is 0 Å². The van der Waals surface area contributed by atoms with Gasteiger partial charge >= 0.3 is 103 Å². The molecule has 2 rings (SSSR count). The molecule has 2 aromatic carbocycles. The molecule has 7 nitrogen and oxygen atoms in total. The van der Waals surface area contributed by atoms with Crippen molar-refractivity contribution in [1.29, 1.82) is 0 Å². The Morgan fingerprint density at radius 2 is 1.52 bits per heavy atom. The largest absolute Gasteiger partial charge is 1.00 e. The quantitative estimate of drug-likeness (QED) is 0.405. The van der Waals surface area contributed by atoms with Crippen LogP contribution in [0.25, 0.3) is 10.8 Å². The zero-order chi connectivity index (χ0) is 14.4. The fourth-order valence-corrected chi connectivity index (χ4v) is 3.70. The van der Waals surface area contributed by atoms with Crippen LogP contribution in [0, 0.1) is 0 Å². The molecule has 0 radical (unpaired) electrons. The van der Waals surface area contributed by atoms with Crippen molar-refractivity contribution >= 4 is 31.0 Å². The van der Waals surface area contributed by atoms with Gasteiger partial charge in [-0.05, 0) is 11.5 Å². The molecule has 0 unspecified atom stereocenters. The van der Waals surface area contributed by atoms with Gasteiger partial charge in [0.2, 0.25) is 0 Å². The standard InChI is InChI=1S/C10H8O7S2.2K/c11-7-2-3-8-6(5-7)1-4-9(18(12,13)14)10(8)19(15,16)17;;/h1-5,11H,(H,12,13,14)(H,15,16,17);;/q;2*+1/p-2. The molecule has 0 aliphatic rings. The summed E-state index contributed by atoms with van der Waals surface area (Å²) >= 11 is 0. The summed E-state index contributed by atoms with van der Waals surface area (Å²) in [6.45, 7) is 0.